The van der Waals surface area contributed by atoms with Crippen molar-refractivity contribution in [1.29, 1.82) is 0 Å². The Morgan fingerprint density at radius 2 is 1.59 bits per heavy atom. The van der Waals surface area contributed by atoms with E-state index in [0.717, 1.165) is 10.5 Å². The molecule has 1 saturated heterocycles. The molecule has 1 fully saturated rings. The predicted molar refractivity (Wildman–Crippen MR) is 132 cm³/mol. The molecule has 1 aliphatic rings. The molecule has 0 aliphatic carbocycles. The first kappa shape index (κ1) is 25.1. The number of ketones is 1. The number of hydrogen-bond acceptors (Lipinski definition) is 4. The van der Waals surface area contributed by atoms with E-state index < -0.39 is 17.5 Å². The topological polar surface area (TPSA) is 95.6 Å². The lowest BCUT2D eigenvalue weighted by molar-refractivity contribution is -0.130. The predicted octanol–water partition coefficient (Wildman–Crippen LogP) is 4.62. The molecule has 2 aromatic carbocycles. The fourth-order valence-electron chi connectivity index (χ4n) is 3.90. The average molecular weight is 464 g/mol. The summed E-state index contributed by atoms with van der Waals surface area (Å²) < 4.78 is 0. The van der Waals surface area contributed by atoms with Crippen LogP contribution in [0.3, 0.4) is 0 Å². The Kier molecular flexibility index (Phi) is 6.96. The third kappa shape index (κ3) is 5.35. The Morgan fingerprint density at radius 1 is 1.00 bits per heavy atom. The number of anilines is 1. The second kappa shape index (κ2) is 9.41. The standard InChI is InChI=1S/C27H33N3O4/c1-17(2)15-23(32)28-21-13-7-18(8-14-21)22(31)16-30-24(33)27(6,29-25(30)34)20-11-9-19(10-12-20)26(3,4)5/h7-14,17H,15-16H2,1-6H3,(H,28,32)(H,29,34)/t27-/m1/s1. The van der Waals surface area contributed by atoms with E-state index in [0.29, 0.717) is 23.2 Å². The Morgan fingerprint density at radius 3 is 2.12 bits per heavy atom. The molecule has 2 N–H and O–H groups in total. The van der Waals surface area contributed by atoms with E-state index in [1.807, 2.05) is 38.1 Å². The molecule has 34 heavy (non-hydrogen) atoms. The van der Waals surface area contributed by atoms with Gasteiger partial charge in [-0.2, -0.15) is 0 Å². The fourth-order valence-corrected chi connectivity index (χ4v) is 3.90. The zero-order valence-electron chi connectivity index (χ0n) is 20.7. The van der Waals surface area contributed by atoms with Crippen LogP contribution < -0.4 is 10.6 Å². The van der Waals surface area contributed by atoms with E-state index in [4.69, 9.17) is 0 Å². The minimum Gasteiger partial charge on any atom is -0.326 e. The van der Waals surface area contributed by atoms with Crippen molar-refractivity contribution in [2.75, 3.05) is 11.9 Å². The fraction of sp³-hybridized carbons (Fsp3) is 0.407. The van der Waals surface area contributed by atoms with Crippen molar-refractivity contribution in [1.82, 2.24) is 10.2 Å². The van der Waals surface area contributed by atoms with Crippen LogP contribution in [0, 0.1) is 5.92 Å². The third-order valence-electron chi connectivity index (χ3n) is 5.99. The Labute approximate surface area is 200 Å². The molecule has 0 spiro atoms. The number of nitrogens with zero attached hydrogens (tertiary/aromatic N) is 1. The van der Waals surface area contributed by atoms with Crippen molar-refractivity contribution in [3.05, 3.63) is 65.2 Å². The lowest BCUT2D eigenvalue weighted by Crippen LogP contribution is -2.41. The summed E-state index contributed by atoms with van der Waals surface area (Å²) >= 11 is 0. The molecule has 7 heteroatoms. The summed E-state index contributed by atoms with van der Waals surface area (Å²) in [5, 5.41) is 5.54. The molecule has 2 aromatic rings. The number of imide groups is 1. The number of Topliss-reactive ketones (excluding diaryl/α,β-unsaturated/α-hetero) is 1. The maximum absolute atomic E-state index is 13.2. The zero-order valence-corrected chi connectivity index (χ0v) is 20.7. The molecule has 1 aliphatic heterocycles. The van der Waals surface area contributed by atoms with Gasteiger partial charge in [0, 0.05) is 17.7 Å². The number of hydrogen-bond donors (Lipinski definition) is 2. The minimum atomic E-state index is -1.24. The van der Waals surface area contributed by atoms with Gasteiger partial charge in [-0.25, -0.2) is 4.79 Å². The highest BCUT2D eigenvalue weighted by molar-refractivity contribution is 6.11. The third-order valence-corrected chi connectivity index (χ3v) is 5.99. The highest BCUT2D eigenvalue weighted by Gasteiger charge is 2.49. The maximum Gasteiger partial charge on any atom is 0.325 e. The maximum atomic E-state index is 13.2. The summed E-state index contributed by atoms with van der Waals surface area (Å²) in [6.45, 7) is 11.5. The van der Waals surface area contributed by atoms with Crippen LogP contribution in [-0.2, 0) is 20.5 Å². The summed E-state index contributed by atoms with van der Waals surface area (Å²) in [6.07, 6.45) is 0.407. The van der Waals surface area contributed by atoms with Crippen LogP contribution >= 0.6 is 0 Å². The van der Waals surface area contributed by atoms with Gasteiger partial charge in [0.1, 0.15) is 5.54 Å². The highest BCUT2D eigenvalue weighted by atomic mass is 16.2. The first-order chi connectivity index (χ1) is 15.8. The lowest BCUT2D eigenvalue weighted by atomic mass is 9.84. The summed E-state index contributed by atoms with van der Waals surface area (Å²) in [5.74, 6) is -0.682. The number of carbonyl (C=O) groups is 4. The van der Waals surface area contributed by atoms with Gasteiger partial charge in [-0.1, -0.05) is 58.9 Å². The van der Waals surface area contributed by atoms with Crippen molar-refractivity contribution in [3.63, 3.8) is 0 Å². The molecule has 180 valence electrons. The van der Waals surface area contributed by atoms with Gasteiger partial charge >= 0.3 is 6.03 Å². The van der Waals surface area contributed by atoms with Gasteiger partial charge in [0.05, 0.1) is 6.54 Å². The van der Waals surface area contributed by atoms with E-state index in [1.165, 1.54) is 0 Å². The molecule has 1 heterocycles. The van der Waals surface area contributed by atoms with Crippen molar-refractivity contribution in [2.45, 2.75) is 58.9 Å². The lowest BCUT2D eigenvalue weighted by Gasteiger charge is -2.24. The van der Waals surface area contributed by atoms with Crippen LogP contribution in [0.4, 0.5) is 10.5 Å². The van der Waals surface area contributed by atoms with Crippen LogP contribution in [0.2, 0.25) is 0 Å². The zero-order chi connectivity index (χ0) is 25.3. The minimum absolute atomic E-state index is 0.0341. The number of nitrogens with one attached hydrogen (secondary N) is 2. The summed E-state index contributed by atoms with van der Waals surface area (Å²) in [7, 11) is 0. The summed E-state index contributed by atoms with van der Waals surface area (Å²) in [5.41, 5.74) is 1.45. The van der Waals surface area contributed by atoms with Gasteiger partial charge in [0.25, 0.3) is 5.91 Å². The van der Waals surface area contributed by atoms with Gasteiger partial charge < -0.3 is 10.6 Å². The summed E-state index contributed by atoms with van der Waals surface area (Å²) in [6, 6.07) is 13.4. The molecular weight excluding hydrogens is 430 g/mol. The van der Waals surface area contributed by atoms with Crippen LogP contribution in [0.5, 0.6) is 0 Å². The van der Waals surface area contributed by atoms with Gasteiger partial charge in [-0.05, 0) is 53.6 Å². The number of benzene rings is 2. The van der Waals surface area contributed by atoms with Crippen LogP contribution in [0.1, 0.15) is 69.4 Å². The molecule has 4 amide bonds. The van der Waals surface area contributed by atoms with Gasteiger partial charge in [0.2, 0.25) is 5.91 Å². The monoisotopic (exact) mass is 463 g/mol. The Balaban J connectivity index is 1.70. The second-order valence-corrected chi connectivity index (χ2v) is 10.4. The molecule has 3 rings (SSSR count). The number of urea groups is 1. The Hall–Kier alpha value is -3.48. The van der Waals surface area contributed by atoms with E-state index in [-0.39, 0.29) is 29.6 Å². The molecule has 0 saturated carbocycles. The van der Waals surface area contributed by atoms with Crippen LogP contribution in [0.25, 0.3) is 0 Å². The van der Waals surface area contributed by atoms with Crippen molar-refractivity contribution >= 4 is 29.3 Å². The molecule has 7 nitrogen and oxygen atoms in total. The van der Waals surface area contributed by atoms with E-state index >= 15 is 0 Å². The van der Waals surface area contributed by atoms with E-state index in [9.17, 15) is 19.2 Å². The van der Waals surface area contributed by atoms with Crippen molar-refractivity contribution in [3.8, 4) is 0 Å². The largest absolute Gasteiger partial charge is 0.326 e. The summed E-state index contributed by atoms with van der Waals surface area (Å²) in [4.78, 5) is 51.5. The first-order valence-corrected chi connectivity index (χ1v) is 11.5. The molecule has 0 aromatic heterocycles. The smallest absolute Gasteiger partial charge is 0.325 e. The number of carbonyl (C=O) groups excluding carboxylic acids is 4. The van der Waals surface area contributed by atoms with Crippen molar-refractivity contribution < 1.29 is 19.2 Å². The molecule has 0 bridgehead atoms. The quantitative estimate of drug-likeness (QED) is 0.463. The molecule has 1 atom stereocenters. The van der Waals surface area contributed by atoms with Crippen LogP contribution in [0.15, 0.2) is 48.5 Å². The SMILES string of the molecule is CC(C)CC(=O)Nc1ccc(C(=O)CN2C(=O)N[C@](C)(c3ccc(C(C)(C)C)cc3)C2=O)cc1. The highest BCUT2D eigenvalue weighted by Crippen LogP contribution is 2.31. The number of rotatable bonds is 7. The van der Waals surface area contributed by atoms with Gasteiger partial charge in [-0.3, -0.25) is 19.3 Å². The van der Waals surface area contributed by atoms with Crippen molar-refractivity contribution in [2.24, 2.45) is 5.92 Å². The van der Waals surface area contributed by atoms with E-state index in [1.54, 1.807) is 31.2 Å². The normalized spacial score (nSPS) is 18.3. The average Bonchev–Trinajstić information content (AvgIpc) is 2.97. The van der Waals surface area contributed by atoms with E-state index in [2.05, 4.69) is 31.4 Å². The Bertz CT molecular complexity index is 1100. The second-order valence-electron chi connectivity index (χ2n) is 10.4. The number of amides is 4. The van der Waals surface area contributed by atoms with Gasteiger partial charge in [0.15, 0.2) is 5.78 Å². The van der Waals surface area contributed by atoms with Crippen LogP contribution in [-0.4, -0.2) is 35.1 Å². The molecule has 0 radical (unpaired) electrons. The molecular formula is C27H33N3O4. The molecule has 0 unspecified atom stereocenters. The first-order valence-electron chi connectivity index (χ1n) is 11.5. The van der Waals surface area contributed by atoms with Gasteiger partial charge in [-0.15, -0.1) is 0 Å².